The van der Waals surface area contributed by atoms with Gasteiger partial charge in [0.25, 0.3) is 0 Å². The molecule has 1 aliphatic rings. The van der Waals surface area contributed by atoms with Gasteiger partial charge in [-0.25, -0.2) is 4.79 Å². The molecule has 0 aromatic heterocycles. The average molecular weight is 296 g/mol. The number of hydrogen-bond donors (Lipinski definition) is 0. The quantitative estimate of drug-likeness (QED) is 0.582. The SMILES string of the molecule is CN1C(=O)C(Br)C(c2ccccc2)=[N+](C)C1=O. The van der Waals surface area contributed by atoms with E-state index >= 15 is 0 Å². The highest BCUT2D eigenvalue weighted by molar-refractivity contribution is 9.10. The van der Waals surface area contributed by atoms with Gasteiger partial charge in [-0.2, -0.15) is 14.3 Å². The van der Waals surface area contributed by atoms with E-state index in [1.165, 1.54) is 11.6 Å². The van der Waals surface area contributed by atoms with Crippen molar-refractivity contribution < 1.29 is 14.2 Å². The minimum Gasteiger partial charge on any atom is -0.245 e. The number of alkyl halides is 1. The molecular formula is C12H12BrN2O2+. The maximum atomic E-state index is 11.9. The van der Waals surface area contributed by atoms with Crippen LogP contribution in [0.25, 0.3) is 0 Å². The van der Waals surface area contributed by atoms with Gasteiger partial charge < -0.3 is 0 Å². The Morgan fingerprint density at radius 2 is 1.82 bits per heavy atom. The minimum atomic E-state index is -0.488. The lowest BCUT2D eigenvalue weighted by Crippen LogP contribution is -2.53. The summed E-state index contributed by atoms with van der Waals surface area (Å²) in [5.74, 6) is -0.244. The van der Waals surface area contributed by atoms with Gasteiger partial charge in [0.05, 0.1) is 14.1 Å². The number of rotatable bonds is 1. The van der Waals surface area contributed by atoms with Crippen LogP contribution in [0.3, 0.4) is 0 Å². The molecule has 0 saturated heterocycles. The molecule has 0 aliphatic carbocycles. The fraction of sp³-hybridized carbons (Fsp3) is 0.250. The van der Waals surface area contributed by atoms with E-state index in [1.54, 1.807) is 7.05 Å². The van der Waals surface area contributed by atoms with Crippen LogP contribution in [0.1, 0.15) is 5.56 Å². The van der Waals surface area contributed by atoms with E-state index in [-0.39, 0.29) is 11.9 Å². The van der Waals surface area contributed by atoms with Crippen LogP contribution in [0.5, 0.6) is 0 Å². The van der Waals surface area contributed by atoms with Gasteiger partial charge in [-0.15, -0.1) is 0 Å². The van der Waals surface area contributed by atoms with Crippen LogP contribution >= 0.6 is 15.9 Å². The molecule has 1 unspecified atom stereocenters. The van der Waals surface area contributed by atoms with E-state index in [1.807, 2.05) is 30.3 Å². The Kier molecular flexibility index (Phi) is 3.11. The first kappa shape index (κ1) is 12.0. The van der Waals surface area contributed by atoms with E-state index in [2.05, 4.69) is 15.9 Å². The van der Waals surface area contributed by atoms with E-state index < -0.39 is 4.83 Å². The fourth-order valence-corrected chi connectivity index (χ4v) is 2.71. The second-order valence-corrected chi connectivity index (χ2v) is 4.77. The van der Waals surface area contributed by atoms with Crippen LogP contribution in [-0.2, 0) is 4.79 Å². The number of carbonyl (C=O) groups is 2. The molecule has 0 radical (unpaired) electrons. The molecule has 2 rings (SSSR count). The summed E-state index contributed by atoms with van der Waals surface area (Å²) in [6.45, 7) is 0. The van der Waals surface area contributed by atoms with Gasteiger partial charge >= 0.3 is 11.9 Å². The number of urea groups is 1. The second kappa shape index (κ2) is 4.41. The third-order valence-electron chi connectivity index (χ3n) is 2.79. The maximum absolute atomic E-state index is 11.9. The lowest BCUT2D eigenvalue weighted by Gasteiger charge is -2.21. The van der Waals surface area contributed by atoms with Gasteiger partial charge in [-0.05, 0) is 0 Å². The number of benzene rings is 1. The summed E-state index contributed by atoms with van der Waals surface area (Å²) in [5, 5.41) is 0. The van der Waals surface area contributed by atoms with Gasteiger partial charge in [-0.3, -0.25) is 0 Å². The van der Waals surface area contributed by atoms with E-state index in [0.717, 1.165) is 10.5 Å². The highest BCUT2D eigenvalue weighted by atomic mass is 79.9. The molecule has 1 heterocycles. The third kappa shape index (κ3) is 1.91. The Hall–Kier alpha value is -1.49. The molecular weight excluding hydrogens is 284 g/mol. The molecule has 0 bridgehead atoms. The van der Waals surface area contributed by atoms with E-state index in [9.17, 15) is 9.59 Å². The first-order valence-electron chi connectivity index (χ1n) is 5.15. The predicted octanol–water partition coefficient (Wildman–Crippen LogP) is 1.47. The van der Waals surface area contributed by atoms with Crippen LogP contribution < -0.4 is 0 Å². The maximum Gasteiger partial charge on any atom is 0.500 e. The van der Waals surface area contributed by atoms with Crippen molar-refractivity contribution in [3.05, 3.63) is 35.9 Å². The monoisotopic (exact) mass is 295 g/mol. The van der Waals surface area contributed by atoms with Crippen LogP contribution in [0, 0.1) is 0 Å². The molecule has 1 aromatic carbocycles. The van der Waals surface area contributed by atoms with Crippen molar-refractivity contribution in [2.75, 3.05) is 14.1 Å². The third-order valence-corrected chi connectivity index (χ3v) is 3.62. The van der Waals surface area contributed by atoms with Gasteiger partial charge in [0.2, 0.25) is 0 Å². The Morgan fingerprint density at radius 3 is 2.41 bits per heavy atom. The Labute approximate surface area is 108 Å². The number of imide groups is 1. The summed E-state index contributed by atoms with van der Waals surface area (Å²) in [6, 6.07) is 9.10. The molecule has 88 valence electrons. The Balaban J connectivity index is 2.58. The van der Waals surface area contributed by atoms with E-state index in [0.29, 0.717) is 5.71 Å². The number of amides is 3. The molecule has 1 aromatic rings. The van der Waals surface area contributed by atoms with Gasteiger partial charge in [0, 0.05) is 5.56 Å². The van der Waals surface area contributed by atoms with Gasteiger partial charge in [0.15, 0.2) is 4.83 Å². The zero-order chi connectivity index (χ0) is 12.6. The van der Waals surface area contributed by atoms with Crippen molar-refractivity contribution in [2.45, 2.75) is 4.83 Å². The number of halogens is 1. The molecule has 0 saturated carbocycles. The number of hydrogen-bond acceptors (Lipinski definition) is 2. The molecule has 0 N–H and O–H groups in total. The summed E-state index contributed by atoms with van der Waals surface area (Å²) >= 11 is 3.34. The zero-order valence-electron chi connectivity index (χ0n) is 9.55. The van der Waals surface area contributed by atoms with Crippen LogP contribution in [0.4, 0.5) is 4.79 Å². The molecule has 0 fully saturated rings. The average Bonchev–Trinajstić information content (AvgIpc) is 2.36. The zero-order valence-corrected chi connectivity index (χ0v) is 11.1. The van der Waals surface area contributed by atoms with Gasteiger partial charge in [-0.1, -0.05) is 46.3 Å². The Morgan fingerprint density at radius 1 is 1.24 bits per heavy atom. The highest BCUT2D eigenvalue weighted by Crippen LogP contribution is 2.18. The molecule has 3 amide bonds. The summed E-state index contributed by atoms with van der Waals surface area (Å²) < 4.78 is 1.50. The lowest BCUT2D eigenvalue weighted by atomic mass is 10.0. The number of nitrogens with zero attached hydrogens (tertiary/aromatic N) is 2. The molecule has 1 aliphatic heterocycles. The van der Waals surface area contributed by atoms with Crippen molar-refractivity contribution in [3.63, 3.8) is 0 Å². The van der Waals surface area contributed by atoms with Crippen molar-refractivity contribution in [1.82, 2.24) is 4.90 Å². The van der Waals surface area contributed by atoms with Crippen LogP contribution in [0.2, 0.25) is 0 Å². The van der Waals surface area contributed by atoms with Crippen molar-refractivity contribution in [2.24, 2.45) is 0 Å². The summed E-state index contributed by atoms with van der Waals surface area (Å²) in [7, 11) is 3.15. The minimum absolute atomic E-state index is 0.244. The topological polar surface area (TPSA) is 40.4 Å². The second-order valence-electron chi connectivity index (χ2n) is 3.85. The fourth-order valence-electron chi connectivity index (χ4n) is 1.83. The molecule has 4 nitrogen and oxygen atoms in total. The standard InChI is InChI=1S/C12H12BrN2O2/c1-14-10(8-6-4-3-5-7-8)9(13)11(16)15(2)12(14)17/h3-7,9H,1-2H3/q+1. The highest BCUT2D eigenvalue weighted by Gasteiger charge is 2.43. The van der Waals surface area contributed by atoms with Crippen molar-refractivity contribution in [3.8, 4) is 0 Å². The predicted molar refractivity (Wildman–Crippen MR) is 67.6 cm³/mol. The molecule has 1 atom stereocenters. The first-order valence-corrected chi connectivity index (χ1v) is 6.07. The Bertz CT molecular complexity index is 510. The van der Waals surface area contributed by atoms with Gasteiger partial charge in [0.1, 0.15) is 5.71 Å². The summed E-state index contributed by atoms with van der Waals surface area (Å²) in [5.41, 5.74) is 1.55. The van der Waals surface area contributed by atoms with Crippen LogP contribution in [0.15, 0.2) is 30.3 Å². The smallest absolute Gasteiger partial charge is 0.245 e. The first-order chi connectivity index (χ1) is 8.04. The number of carbonyl (C=O) groups excluding carboxylic acids is 2. The normalized spacial score (nSPS) is 21.1. The molecule has 17 heavy (non-hydrogen) atoms. The van der Waals surface area contributed by atoms with Crippen LogP contribution in [-0.4, -0.2) is 46.0 Å². The summed E-state index contributed by atoms with van der Waals surface area (Å²) in [6.07, 6.45) is 0. The summed E-state index contributed by atoms with van der Waals surface area (Å²) in [4.78, 5) is 24.4. The largest absolute Gasteiger partial charge is 0.500 e. The lowest BCUT2D eigenvalue weighted by molar-refractivity contribution is -0.403. The van der Waals surface area contributed by atoms with Crippen molar-refractivity contribution >= 4 is 33.6 Å². The van der Waals surface area contributed by atoms with E-state index in [4.69, 9.17) is 0 Å². The van der Waals surface area contributed by atoms with Crippen molar-refractivity contribution in [1.29, 1.82) is 0 Å². The molecule has 0 spiro atoms. The molecule has 5 heteroatoms.